The van der Waals surface area contributed by atoms with Gasteiger partial charge in [0.25, 0.3) is 0 Å². The highest BCUT2D eigenvalue weighted by atomic mass is 32.2. The van der Waals surface area contributed by atoms with E-state index >= 15 is 0 Å². The molecular weight excluding hydrogens is 304 g/mol. The summed E-state index contributed by atoms with van der Waals surface area (Å²) in [5, 5.41) is 1.85. The third-order valence-corrected chi connectivity index (χ3v) is 11.5. The van der Waals surface area contributed by atoms with Crippen molar-refractivity contribution in [1.29, 1.82) is 0 Å². The van der Waals surface area contributed by atoms with Crippen LogP contribution in [0.2, 0.25) is 0 Å². The van der Waals surface area contributed by atoms with Crippen molar-refractivity contribution in [2.45, 2.75) is 68.6 Å². The first kappa shape index (κ1) is 13.6. The fourth-order valence-electron chi connectivity index (χ4n) is 4.47. The summed E-state index contributed by atoms with van der Waals surface area (Å²) >= 11 is 0. The third kappa shape index (κ3) is 1.86. The van der Waals surface area contributed by atoms with Gasteiger partial charge < -0.3 is 0 Å². The molecule has 0 saturated heterocycles. The van der Waals surface area contributed by atoms with Crippen LogP contribution in [0, 0.1) is 0 Å². The predicted octanol–water partition coefficient (Wildman–Crippen LogP) is 5.18. The standard InChI is InChI=1S/C20H22S2/c1-2-4-10-16-15(9-3-1)21-17-11-5-7-13-19(17)22(16)20-14-8-6-12-18(20)21/h5-8,11-16H,1-4,9-10H2/q+2/t15-,16+,21?,22?. The van der Waals surface area contributed by atoms with Gasteiger partial charge in [-0.25, -0.2) is 0 Å². The molecule has 0 aromatic heterocycles. The Bertz CT molecular complexity index is 601. The second kappa shape index (κ2) is 5.35. The van der Waals surface area contributed by atoms with Crippen molar-refractivity contribution >= 4 is 21.8 Å². The van der Waals surface area contributed by atoms with Crippen LogP contribution in [0.4, 0.5) is 0 Å². The van der Waals surface area contributed by atoms with Crippen LogP contribution in [0.1, 0.15) is 38.5 Å². The van der Waals surface area contributed by atoms with Gasteiger partial charge in [0.15, 0.2) is 10.5 Å². The van der Waals surface area contributed by atoms with Gasteiger partial charge in [0, 0.05) is 12.8 Å². The first-order valence-corrected chi connectivity index (χ1v) is 11.2. The van der Waals surface area contributed by atoms with E-state index in [1.807, 2.05) is 0 Å². The molecule has 6 rings (SSSR count). The van der Waals surface area contributed by atoms with Gasteiger partial charge in [-0.15, -0.1) is 0 Å². The van der Waals surface area contributed by atoms with Crippen LogP contribution in [0.3, 0.4) is 0 Å². The van der Waals surface area contributed by atoms with Crippen molar-refractivity contribution in [3.8, 4) is 0 Å². The van der Waals surface area contributed by atoms with Crippen LogP contribution in [0.25, 0.3) is 0 Å². The normalized spacial score (nSPS) is 32.4. The molecule has 1 fully saturated rings. The fourth-order valence-corrected chi connectivity index (χ4v) is 11.7. The first-order chi connectivity index (χ1) is 10.9. The molecule has 0 radical (unpaired) electrons. The first-order valence-electron chi connectivity index (χ1n) is 8.59. The van der Waals surface area contributed by atoms with Crippen LogP contribution in [0.5, 0.6) is 0 Å². The molecule has 3 aliphatic heterocycles. The van der Waals surface area contributed by atoms with Crippen molar-refractivity contribution in [3.63, 3.8) is 0 Å². The average molecular weight is 327 g/mol. The van der Waals surface area contributed by atoms with Crippen molar-refractivity contribution in [2.75, 3.05) is 0 Å². The molecule has 0 unspecified atom stereocenters. The van der Waals surface area contributed by atoms with Crippen LogP contribution in [-0.2, 0) is 21.8 Å². The lowest BCUT2D eigenvalue weighted by atomic mass is 10.00. The maximum absolute atomic E-state index is 2.43. The maximum atomic E-state index is 2.43. The van der Waals surface area contributed by atoms with Gasteiger partial charge in [-0.3, -0.25) is 0 Å². The molecule has 0 N–H and O–H groups in total. The Morgan fingerprint density at radius 2 is 0.909 bits per heavy atom. The molecule has 2 heteroatoms. The van der Waals surface area contributed by atoms with Gasteiger partial charge in [0.05, 0.1) is 21.8 Å². The van der Waals surface area contributed by atoms with Gasteiger partial charge in [-0.2, -0.15) is 0 Å². The van der Waals surface area contributed by atoms with E-state index in [1.54, 1.807) is 19.6 Å². The Morgan fingerprint density at radius 1 is 0.545 bits per heavy atom. The minimum absolute atomic E-state index is 0.336. The number of benzene rings is 2. The average Bonchev–Trinajstić information content (AvgIpc) is 2.55. The Kier molecular flexibility index (Phi) is 3.30. The van der Waals surface area contributed by atoms with E-state index in [4.69, 9.17) is 0 Å². The molecule has 1 aliphatic carbocycles. The van der Waals surface area contributed by atoms with Crippen molar-refractivity contribution < 1.29 is 0 Å². The summed E-state index contributed by atoms with van der Waals surface area (Å²) in [6.07, 6.45) is 8.73. The second-order valence-corrected chi connectivity index (χ2v) is 11.0. The maximum Gasteiger partial charge on any atom is 0.216 e. The topological polar surface area (TPSA) is 0 Å². The van der Waals surface area contributed by atoms with Crippen LogP contribution in [-0.4, -0.2) is 10.5 Å². The number of hydrogen-bond donors (Lipinski definition) is 0. The summed E-state index contributed by atoms with van der Waals surface area (Å²) in [7, 11) is 0.672. The molecule has 4 aliphatic rings. The van der Waals surface area contributed by atoms with E-state index < -0.39 is 0 Å². The Labute approximate surface area is 139 Å². The Balaban J connectivity index is 1.74. The molecule has 2 aromatic rings. The van der Waals surface area contributed by atoms with Gasteiger partial charge in [-0.05, 0) is 37.1 Å². The SMILES string of the molecule is c1ccc2c(c1)[S+]1c3ccccc3[S+]2[C@H]2CCCCCC[C@H]21. The molecule has 0 spiro atoms. The molecule has 2 aromatic carbocycles. The van der Waals surface area contributed by atoms with Crippen LogP contribution < -0.4 is 0 Å². The van der Waals surface area contributed by atoms with Crippen LogP contribution >= 0.6 is 0 Å². The quantitative estimate of drug-likeness (QED) is 0.585. The predicted molar refractivity (Wildman–Crippen MR) is 96.0 cm³/mol. The van der Waals surface area contributed by atoms with E-state index in [-0.39, 0.29) is 0 Å². The summed E-state index contributed by atoms with van der Waals surface area (Å²) in [5.74, 6) is 0. The van der Waals surface area contributed by atoms with Crippen molar-refractivity contribution in [1.82, 2.24) is 0 Å². The van der Waals surface area contributed by atoms with E-state index in [1.165, 1.54) is 38.5 Å². The lowest BCUT2D eigenvalue weighted by Crippen LogP contribution is -2.49. The lowest BCUT2D eigenvalue weighted by molar-refractivity contribution is 0.511. The van der Waals surface area contributed by atoms with Gasteiger partial charge in [0.2, 0.25) is 19.6 Å². The largest absolute Gasteiger partial charge is 0.216 e. The van der Waals surface area contributed by atoms with Crippen LogP contribution in [0.15, 0.2) is 68.1 Å². The summed E-state index contributed by atoms with van der Waals surface area (Å²) < 4.78 is 0. The van der Waals surface area contributed by atoms with Gasteiger partial charge >= 0.3 is 0 Å². The van der Waals surface area contributed by atoms with E-state index in [2.05, 4.69) is 48.5 Å². The summed E-state index contributed by atoms with van der Waals surface area (Å²) in [6.45, 7) is 0. The van der Waals surface area contributed by atoms with Gasteiger partial charge in [0.1, 0.15) is 0 Å². The molecule has 1 saturated carbocycles. The minimum atomic E-state index is 0.336. The van der Waals surface area contributed by atoms with Crippen molar-refractivity contribution in [2.24, 2.45) is 0 Å². The zero-order chi connectivity index (χ0) is 14.5. The summed E-state index contributed by atoms with van der Waals surface area (Å²) in [4.78, 5) is 6.75. The highest BCUT2D eigenvalue weighted by Crippen LogP contribution is 2.55. The summed E-state index contributed by atoms with van der Waals surface area (Å²) in [6, 6.07) is 18.8. The molecule has 2 bridgehead atoms. The summed E-state index contributed by atoms with van der Waals surface area (Å²) in [5.41, 5.74) is 0. The monoisotopic (exact) mass is 326 g/mol. The zero-order valence-electron chi connectivity index (χ0n) is 12.8. The third-order valence-electron chi connectivity index (χ3n) is 5.39. The second-order valence-electron chi connectivity index (χ2n) is 6.64. The molecule has 0 nitrogen and oxygen atoms in total. The molecule has 22 heavy (non-hydrogen) atoms. The highest BCUT2D eigenvalue weighted by Gasteiger charge is 2.64. The molecule has 0 amide bonds. The van der Waals surface area contributed by atoms with E-state index in [0.717, 1.165) is 10.5 Å². The Hall–Kier alpha value is -0.860. The minimum Gasteiger partial charge on any atom is -0.0569 e. The Morgan fingerprint density at radius 3 is 1.27 bits per heavy atom. The number of rotatable bonds is 0. The van der Waals surface area contributed by atoms with E-state index in [9.17, 15) is 0 Å². The fraction of sp³-hybridized carbons (Fsp3) is 0.400. The lowest BCUT2D eigenvalue weighted by Gasteiger charge is -2.37. The number of hydrogen-bond acceptors (Lipinski definition) is 0. The molecule has 112 valence electrons. The van der Waals surface area contributed by atoms with Crippen molar-refractivity contribution in [3.05, 3.63) is 48.5 Å². The highest BCUT2D eigenvalue weighted by molar-refractivity contribution is 8.06. The molecular formula is C20H22S2+2. The molecule has 2 atom stereocenters. The molecule has 3 heterocycles. The zero-order valence-corrected chi connectivity index (χ0v) is 14.5. The van der Waals surface area contributed by atoms with E-state index in [0.29, 0.717) is 21.8 Å². The van der Waals surface area contributed by atoms with Gasteiger partial charge in [-0.1, -0.05) is 37.1 Å². The smallest absolute Gasteiger partial charge is 0.0569 e.